The molecule has 2 aromatic rings. The zero-order valence-corrected chi connectivity index (χ0v) is 16.3. The van der Waals surface area contributed by atoms with Crippen molar-refractivity contribution in [2.75, 3.05) is 28.2 Å². The molecule has 158 valence electrons. The van der Waals surface area contributed by atoms with Gasteiger partial charge < -0.3 is 4.90 Å². The summed E-state index contributed by atoms with van der Waals surface area (Å²) in [7, 11) is 0. The number of urea groups is 1. The second kappa shape index (κ2) is 7.14. The van der Waals surface area contributed by atoms with Gasteiger partial charge in [-0.05, 0) is 49.9 Å². The minimum absolute atomic E-state index is 0.0181. The molecule has 0 spiro atoms. The SMILES string of the molecule is O=C(Nc1ccccn1)N1c2nc(C3CC[C@H](C(F)(F)F)C3)ccc2N2CC[C@H]1C2. The Balaban J connectivity index is 1.44. The lowest BCUT2D eigenvalue weighted by Gasteiger charge is -2.36. The number of amides is 2. The number of nitrogens with zero attached hydrogens (tertiary/aromatic N) is 4. The number of hydrogen-bond donors (Lipinski definition) is 1. The monoisotopic (exact) mass is 417 g/mol. The van der Waals surface area contributed by atoms with E-state index in [0.29, 0.717) is 23.8 Å². The summed E-state index contributed by atoms with van der Waals surface area (Å²) < 4.78 is 39.3. The largest absolute Gasteiger partial charge is 0.391 e. The van der Waals surface area contributed by atoms with Crippen LogP contribution >= 0.6 is 0 Å². The third-order valence-corrected chi connectivity index (χ3v) is 6.41. The van der Waals surface area contributed by atoms with E-state index >= 15 is 0 Å². The molecule has 2 bridgehead atoms. The van der Waals surface area contributed by atoms with Crippen LogP contribution in [-0.4, -0.2) is 41.3 Å². The highest BCUT2D eigenvalue weighted by Gasteiger charge is 2.45. The second-order valence-electron chi connectivity index (χ2n) is 8.23. The summed E-state index contributed by atoms with van der Waals surface area (Å²) in [4.78, 5) is 25.8. The van der Waals surface area contributed by atoms with Crippen LogP contribution in [0.5, 0.6) is 0 Å². The van der Waals surface area contributed by atoms with Crippen LogP contribution in [0.3, 0.4) is 0 Å². The molecule has 0 aromatic carbocycles. The average Bonchev–Trinajstić information content (AvgIpc) is 3.37. The van der Waals surface area contributed by atoms with Crippen LogP contribution in [0.25, 0.3) is 0 Å². The molecule has 5 rings (SSSR count). The molecule has 30 heavy (non-hydrogen) atoms. The third kappa shape index (κ3) is 3.36. The molecule has 3 atom stereocenters. The standard InChI is InChI=1S/C21H22F3N5O/c22-21(23,24)14-5-4-13(11-14)16-6-7-17-19(26-16)29(15-8-10-28(17)12-15)20(30)27-18-3-1-2-9-25-18/h1-3,6-7,9,13-15H,4-5,8,10-12H2,(H,25,27,30)/t13?,14-,15-/m0/s1. The van der Waals surface area contributed by atoms with Gasteiger partial charge in [-0.25, -0.2) is 14.8 Å². The summed E-state index contributed by atoms with van der Waals surface area (Å²) in [6, 6.07) is 8.67. The number of fused-ring (bicyclic) bond motifs is 4. The van der Waals surface area contributed by atoms with Gasteiger partial charge in [0, 0.05) is 30.9 Å². The Morgan fingerprint density at radius 2 is 2.00 bits per heavy atom. The molecule has 1 saturated heterocycles. The van der Waals surface area contributed by atoms with E-state index in [1.807, 2.05) is 12.1 Å². The molecule has 6 nitrogen and oxygen atoms in total. The second-order valence-corrected chi connectivity index (χ2v) is 8.23. The predicted molar refractivity (Wildman–Crippen MR) is 107 cm³/mol. The zero-order chi connectivity index (χ0) is 20.9. The Labute approximate surface area is 172 Å². The summed E-state index contributed by atoms with van der Waals surface area (Å²) in [6.45, 7) is 1.55. The number of aromatic nitrogens is 2. The van der Waals surface area contributed by atoms with E-state index in [0.717, 1.165) is 25.2 Å². The van der Waals surface area contributed by atoms with Crippen LogP contribution in [-0.2, 0) is 0 Å². The highest BCUT2D eigenvalue weighted by Crippen LogP contribution is 2.47. The fraction of sp³-hybridized carbons (Fsp3) is 0.476. The minimum atomic E-state index is -4.16. The van der Waals surface area contributed by atoms with Crippen molar-refractivity contribution in [3.63, 3.8) is 0 Å². The van der Waals surface area contributed by atoms with Crippen molar-refractivity contribution >= 4 is 23.4 Å². The van der Waals surface area contributed by atoms with Crippen LogP contribution in [0.1, 0.15) is 37.3 Å². The smallest absolute Gasteiger partial charge is 0.366 e. The van der Waals surface area contributed by atoms with E-state index in [1.165, 1.54) is 0 Å². The number of hydrogen-bond acceptors (Lipinski definition) is 4. The first-order valence-corrected chi connectivity index (χ1v) is 10.2. The van der Waals surface area contributed by atoms with Gasteiger partial charge in [0.1, 0.15) is 5.82 Å². The van der Waals surface area contributed by atoms with Crippen LogP contribution in [0, 0.1) is 5.92 Å². The number of rotatable bonds is 2. The van der Waals surface area contributed by atoms with Gasteiger partial charge in [0.15, 0.2) is 5.82 Å². The number of nitrogens with one attached hydrogen (secondary N) is 1. The topological polar surface area (TPSA) is 61.4 Å². The fourth-order valence-electron chi connectivity index (χ4n) is 4.87. The first-order valence-electron chi connectivity index (χ1n) is 10.2. The van der Waals surface area contributed by atoms with Gasteiger partial charge in [-0.1, -0.05) is 6.07 Å². The Morgan fingerprint density at radius 3 is 2.73 bits per heavy atom. The van der Waals surface area contributed by atoms with Gasteiger partial charge in [-0.2, -0.15) is 13.2 Å². The highest BCUT2D eigenvalue weighted by molar-refractivity contribution is 6.04. The molecule has 2 fully saturated rings. The molecule has 2 aromatic heterocycles. The predicted octanol–water partition coefficient (Wildman–Crippen LogP) is 4.55. The molecule has 1 aliphatic carbocycles. The maximum Gasteiger partial charge on any atom is 0.391 e. The summed E-state index contributed by atoms with van der Waals surface area (Å²) in [5.41, 5.74) is 1.49. The molecule has 2 amide bonds. The summed E-state index contributed by atoms with van der Waals surface area (Å²) in [6.07, 6.45) is -1.09. The van der Waals surface area contributed by atoms with Gasteiger partial charge in [0.2, 0.25) is 0 Å². The van der Waals surface area contributed by atoms with E-state index in [-0.39, 0.29) is 30.8 Å². The van der Waals surface area contributed by atoms with Crippen LogP contribution in [0.4, 0.5) is 35.3 Å². The van der Waals surface area contributed by atoms with Gasteiger partial charge in [0.05, 0.1) is 17.6 Å². The molecule has 1 N–H and O–H groups in total. The first-order chi connectivity index (χ1) is 14.4. The first kappa shape index (κ1) is 19.1. The van der Waals surface area contributed by atoms with Crippen molar-refractivity contribution < 1.29 is 18.0 Å². The number of carbonyl (C=O) groups excluding carboxylic acids is 1. The summed E-state index contributed by atoms with van der Waals surface area (Å²) in [5, 5.41) is 2.82. The lowest BCUT2D eigenvalue weighted by Crippen LogP contribution is -2.48. The Hall–Kier alpha value is -2.84. The van der Waals surface area contributed by atoms with Crippen molar-refractivity contribution in [2.45, 2.75) is 43.8 Å². The average molecular weight is 417 g/mol. The number of anilines is 3. The van der Waals surface area contributed by atoms with Crippen LogP contribution < -0.4 is 15.1 Å². The molecule has 0 radical (unpaired) electrons. The lowest BCUT2D eigenvalue weighted by atomic mass is 10.00. The number of carbonyl (C=O) groups is 1. The van der Waals surface area contributed by atoms with E-state index < -0.39 is 12.1 Å². The Kier molecular flexibility index (Phi) is 4.56. The lowest BCUT2D eigenvalue weighted by molar-refractivity contribution is -0.172. The van der Waals surface area contributed by atoms with E-state index in [4.69, 9.17) is 4.98 Å². The van der Waals surface area contributed by atoms with Crippen molar-refractivity contribution in [1.82, 2.24) is 9.97 Å². The quantitative estimate of drug-likeness (QED) is 0.779. The molecular weight excluding hydrogens is 395 g/mol. The van der Waals surface area contributed by atoms with E-state index in [2.05, 4.69) is 15.2 Å². The number of pyridine rings is 2. The zero-order valence-electron chi connectivity index (χ0n) is 16.3. The number of halogens is 3. The van der Waals surface area contributed by atoms with Gasteiger partial charge in [-0.3, -0.25) is 10.2 Å². The molecule has 9 heteroatoms. The normalized spacial score (nSPS) is 25.4. The molecule has 3 aliphatic rings. The van der Waals surface area contributed by atoms with Crippen molar-refractivity contribution in [1.29, 1.82) is 0 Å². The summed E-state index contributed by atoms with van der Waals surface area (Å²) >= 11 is 0. The van der Waals surface area contributed by atoms with Crippen LogP contribution in [0.15, 0.2) is 36.5 Å². The molecular formula is C21H22F3N5O. The Bertz CT molecular complexity index is 951. The van der Waals surface area contributed by atoms with E-state index in [9.17, 15) is 18.0 Å². The van der Waals surface area contributed by atoms with E-state index in [1.54, 1.807) is 29.3 Å². The van der Waals surface area contributed by atoms with Gasteiger partial charge in [0.25, 0.3) is 0 Å². The fourth-order valence-corrected chi connectivity index (χ4v) is 4.87. The van der Waals surface area contributed by atoms with Crippen molar-refractivity contribution in [3.8, 4) is 0 Å². The van der Waals surface area contributed by atoms with Crippen molar-refractivity contribution in [3.05, 3.63) is 42.2 Å². The molecule has 1 saturated carbocycles. The maximum absolute atomic E-state index is 13.1. The third-order valence-electron chi connectivity index (χ3n) is 6.41. The highest BCUT2D eigenvalue weighted by atomic mass is 19.4. The molecule has 4 heterocycles. The Morgan fingerprint density at radius 1 is 1.13 bits per heavy atom. The maximum atomic E-state index is 13.1. The number of alkyl halides is 3. The molecule has 1 unspecified atom stereocenters. The molecule has 2 aliphatic heterocycles. The van der Waals surface area contributed by atoms with Crippen molar-refractivity contribution in [2.24, 2.45) is 5.92 Å². The summed E-state index contributed by atoms with van der Waals surface area (Å²) in [5.74, 6) is -0.532. The van der Waals surface area contributed by atoms with Gasteiger partial charge >= 0.3 is 12.2 Å². The van der Waals surface area contributed by atoms with Gasteiger partial charge in [-0.15, -0.1) is 0 Å². The van der Waals surface area contributed by atoms with Crippen LogP contribution in [0.2, 0.25) is 0 Å². The minimum Gasteiger partial charge on any atom is -0.366 e.